The molecule has 112 valence electrons. The molecule has 0 spiro atoms. The van der Waals surface area contributed by atoms with Crippen molar-refractivity contribution in [2.24, 2.45) is 11.8 Å². The molecule has 1 aliphatic heterocycles. The Balaban J connectivity index is 2.02. The van der Waals surface area contributed by atoms with Crippen LogP contribution < -0.4 is 11.3 Å². The van der Waals surface area contributed by atoms with Gasteiger partial charge in [-0.25, -0.2) is 0 Å². The van der Waals surface area contributed by atoms with Crippen molar-refractivity contribution in [3.8, 4) is 0 Å². The van der Waals surface area contributed by atoms with E-state index in [0.717, 1.165) is 25.9 Å². The first-order valence-corrected chi connectivity index (χ1v) is 7.85. The van der Waals surface area contributed by atoms with Crippen LogP contribution in [0.4, 0.5) is 0 Å². The van der Waals surface area contributed by atoms with E-state index < -0.39 is 0 Å². The molecule has 0 saturated carbocycles. The molecule has 2 rings (SSSR count). The third-order valence-corrected chi connectivity index (χ3v) is 3.97. The molecule has 20 heavy (non-hydrogen) atoms. The first kappa shape index (κ1) is 15.5. The Hall–Kier alpha value is -0.900. The third kappa shape index (κ3) is 4.58. The summed E-state index contributed by atoms with van der Waals surface area (Å²) in [5, 5.41) is 0. The number of ether oxygens (including phenoxy) is 1. The summed E-state index contributed by atoms with van der Waals surface area (Å²) >= 11 is 0. The third-order valence-electron chi connectivity index (χ3n) is 3.97. The van der Waals surface area contributed by atoms with Gasteiger partial charge in [-0.1, -0.05) is 38.1 Å². The van der Waals surface area contributed by atoms with Crippen LogP contribution in [0.2, 0.25) is 0 Å². The first-order chi connectivity index (χ1) is 9.69. The van der Waals surface area contributed by atoms with Crippen LogP contribution in [0.15, 0.2) is 24.3 Å². The Morgan fingerprint density at radius 3 is 2.85 bits per heavy atom. The number of hydrazine groups is 1. The van der Waals surface area contributed by atoms with Crippen LogP contribution in [0, 0.1) is 5.92 Å². The number of nitrogens with two attached hydrogens (primary N) is 1. The standard InChI is InChI=1S/C17H28N2O/c1-13(2)10-14-6-5-7-15(11-14)17(19-18)12-16-8-3-4-9-20-16/h5-7,11,13,16-17,19H,3-4,8-10,12,18H2,1-2H3. The Morgan fingerprint density at radius 2 is 2.20 bits per heavy atom. The fourth-order valence-corrected chi connectivity index (χ4v) is 2.96. The van der Waals surface area contributed by atoms with Gasteiger partial charge < -0.3 is 4.74 Å². The topological polar surface area (TPSA) is 47.3 Å². The Morgan fingerprint density at radius 1 is 1.35 bits per heavy atom. The lowest BCUT2D eigenvalue weighted by molar-refractivity contribution is 0.00502. The maximum atomic E-state index is 5.83. The molecule has 2 atom stereocenters. The zero-order valence-electron chi connectivity index (χ0n) is 12.8. The zero-order valence-corrected chi connectivity index (χ0v) is 12.8. The summed E-state index contributed by atoms with van der Waals surface area (Å²) in [6.07, 6.45) is 6.05. The summed E-state index contributed by atoms with van der Waals surface area (Å²) < 4.78 is 5.83. The molecule has 0 bridgehead atoms. The van der Waals surface area contributed by atoms with Crippen molar-refractivity contribution in [3.63, 3.8) is 0 Å². The van der Waals surface area contributed by atoms with Crippen molar-refractivity contribution in [2.75, 3.05) is 6.61 Å². The highest BCUT2D eigenvalue weighted by molar-refractivity contribution is 5.26. The number of hydrogen-bond donors (Lipinski definition) is 2. The predicted octanol–water partition coefficient (Wildman–Crippen LogP) is 3.35. The Labute approximate surface area is 122 Å². The molecule has 1 saturated heterocycles. The minimum absolute atomic E-state index is 0.185. The van der Waals surface area contributed by atoms with Crippen LogP contribution in [-0.2, 0) is 11.2 Å². The lowest BCUT2D eigenvalue weighted by Gasteiger charge is -2.27. The Bertz CT molecular complexity index is 400. The van der Waals surface area contributed by atoms with Gasteiger partial charge in [-0.15, -0.1) is 0 Å². The molecule has 0 aliphatic carbocycles. The summed E-state index contributed by atoms with van der Waals surface area (Å²) in [4.78, 5) is 0. The van der Waals surface area contributed by atoms with Gasteiger partial charge >= 0.3 is 0 Å². The SMILES string of the molecule is CC(C)Cc1cccc(C(CC2CCCCO2)NN)c1. The number of nitrogens with one attached hydrogen (secondary N) is 1. The minimum atomic E-state index is 0.185. The average molecular weight is 276 g/mol. The molecular formula is C17H28N2O. The second-order valence-electron chi connectivity index (χ2n) is 6.29. The molecule has 1 aromatic carbocycles. The molecule has 0 aromatic heterocycles. The minimum Gasteiger partial charge on any atom is -0.378 e. The number of benzene rings is 1. The molecule has 3 heteroatoms. The summed E-state index contributed by atoms with van der Waals surface area (Å²) in [5.41, 5.74) is 5.63. The van der Waals surface area contributed by atoms with E-state index in [4.69, 9.17) is 10.6 Å². The second-order valence-corrected chi connectivity index (χ2v) is 6.29. The van der Waals surface area contributed by atoms with Crippen LogP contribution >= 0.6 is 0 Å². The van der Waals surface area contributed by atoms with Gasteiger partial charge in [0.25, 0.3) is 0 Å². The van der Waals surface area contributed by atoms with E-state index in [0.29, 0.717) is 12.0 Å². The van der Waals surface area contributed by atoms with Crippen LogP contribution in [0.1, 0.15) is 56.7 Å². The van der Waals surface area contributed by atoms with E-state index >= 15 is 0 Å². The molecule has 1 heterocycles. The molecule has 1 aromatic rings. The summed E-state index contributed by atoms with van der Waals surface area (Å²) in [6, 6.07) is 8.97. The van der Waals surface area contributed by atoms with Gasteiger partial charge in [0.2, 0.25) is 0 Å². The van der Waals surface area contributed by atoms with E-state index in [1.165, 1.54) is 24.0 Å². The molecule has 3 N–H and O–H groups in total. The fourth-order valence-electron chi connectivity index (χ4n) is 2.96. The maximum absolute atomic E-state index is 5.83. The highest BCUT2D eigenvalue weighted by Gasteiger charge is 2.20. The van der Waals surface area contributed by atoms with E-state index in [1.807, 2.05) is 0 Å². The van der Waals surface area contributed by atoms with Gasteiger partial charge in [0.05, 0.1) is 6.10 Å². The van der Waals surface area contributed by atoms with Gasteiger partial charge in [0.15, 0.2) is 0 Å². The highest BCUT2D eigenvalue weighted by atomic mass is 16.5. The Kier molecular flexibility index (Phi) is 6.02. The van der Waals surface area contributed by atoms with Crippen molar-refractivity contribution >= 4 is 0 Å². The van der Waals surface area contributed by atoms with E-state index in [1.54, 1.807) is 0 Å². The molecule has 0 amide bonds. The smallest absolute Gasteiger partial charge is 0.0593 e. The van der Waals surface area contributed by atoms with Crippen LogP contribution in [0.25, 0.3) is 0 Å². The monoisotopic (exact) mass is 276 g/mol. The fraction of sp³-hybridized carbons (Fsp3) is 0.647. The van der Waals surface area contributed by atoms with Crippen molar-refractivity contribution in [3.05, 3.63) is 35.4 Å². The van der Waals surface area contributed by atoms with Crippen molar-refractivity contribution in [1.82, 2.24) is 5.43 Å². The molecule has 1 aliphatic rings. The molecule has 1 fully saturated rings. The van der Waals surface area contributed by atoms with Crippen molar-refractivity contribution < 1.29 is 4.74 Å². The molecular weight excluding hydrogens is 248 g/mol. The van der Waals surface area contributed by atoms with Gasteiger partial charge in [-0.05, 0) is 49.1 Å². The molecule has 0 radical (unpaired) electrons. The van der Waals surface area contributed by atoms with E-state index in [2.05, 4.69) is 43.5 Å². The van der Waals surface area contributed by atoms with Crippen molar-refractivity contribution in [2.45, 2.75) is 58.1 Å². The highest BCUT2D eigenvalue weighted by Crippen LogP contribution is 2.25. The number of hydrogen-bond acceptors (Lipinski definition) is 3. The van der Waals surface area contributed by atoms with E-state index in [9.17, 15) is 0 Å². The quantitative estimate of drug-likeness (QED) is 0.619. The first-order valence-electron chi connectivity index (χ1n) is 7.85. The summed E-state index contributed by atoms with van der Waals surface area (Å²) in [7, 11) is 0. The van der Waals surface area contributed by atoms with Gasteiger partial charge in [0, 0.05) is 12.6 Å². The second kappa shape index (κ2) is 7.77. The molecule has 2 unspecified atom stereocenters. The van der Waals surface area contributed by atoms with Crippen LogP contribution in [0.3, 0.4) is 0 Å². The van der Waals surface area contributed by atoms with Gasteiger partial charge in [-0.3, -0.25) is 11.3 Å². The van der Waals surface area contributed by atoms with Crippen LogP contribution in [0.5, 0.6) is 0 Å². The summed E-state index contributed by atoms with van der Waals surface area (Å²) in [5.74, 6) is 6.44. The van der Waals surface area contributed by atoms with Crippen LogP contribution in [-0.4, -0.2) is 12.7 Å². The predicted molar refractivity (Wildman–Crippen MR) is 83.3 cm³/mol. The lowest BCUT2D eigenvalue weighted by Crippen LogP contribution is -2.33. The average Bonchev–Trinajstić information content (AvgIpc) is 2.45. The largest absolute Gasteiger partial charge is 0.378 e. The lowest BCUT2D eigenvalue weighted by atomic mass is 9.94. The maximum Gasteiger partial charge on any atom is 0.0593 e. The van der Waals surface area contributed by atoms with Crippen molar-refractivity contribution in [1.29, 1.82) is 0 Å². The zero-order chi connectivity index (χ0) is 14.4. The van der Waals surface area contributed by atoms with Gasteiger partial charge in [0.1, 0.15) is 0 Å². The van der Waals surface area contributed by atoms with E-state index in [-0.39, 0.29) is 6.04 Å². The number of rotatable bonds is 6. The normalized spacial score (nSPS) is 21.1. The molecule has 3 nitrogen and oxygen atoms in total. The summed E-state index contributed by atoms with van der Waals surface area (Å²) in [6.45, 7) is 5.40. The van der Waals surface area contributed by atoms with Gasteiger partial charge in [-0.2, -0.15) is 0 Å².